The fourth-order valence-electron chi connectivity index (χ4n) is 2.96. The summed E-state index contributed by atoms with van der Waals surface area (Å²) in [5, 5.41) is 5.94. The van der Waals surface area contributed by atoms with Crippen LogP contribution in [0.1, 0.15) is 37.0 Å². The summed E-state index contributed by atoms with van der Waals surface area (Å²) in [6.07, 6.45) is 1.79. The van der Waals surface area contributed by atoms with E-state index in [9.17, 15) is 14.0 Å². The Morgan fingerprint density at radius 3 is 2.32 bits per heavy atom. The molecule has 0 radical (unpaired) electrons. The number of hydrogen-bond acceptors (Lipinski definition) is 3. The molecule has 1 aliphatic rings. The minimum Gasteiger partial charge on any atom is -0.341 e. The number of piperidine rings is 1. The fourth-order valence-corrected chi connectivity index (χ4v) is 2.96. The Morgan fingerprint density at radius 1 is 1.20 bits per heavy atom. The Morgan fingerprint density at radius 2 is 1.80 bits per heavy atom. The average molecular weight is 372 g/mol. The molecular formula is C18H27ClFN3O2. The van der Waals surface area contributed by atoms with Crippen molar-refractivity contribution in [3.05, 3.63) is 35.6 Å². The van der Waals surface area contributed by atoms with E-state index in [0.29, 0.717) is 19.1 Å². The van der Waals surface area contributed by atoms with Crippen molar-refractivity contribution in [2.75, 3.05) is 20.1 Å². The highest BCUT2D eigenvalue weighted by molar-refractivity contribution is 5.97. The monoisotopic (exact) mass is 371 g/mol. The predicted octanol–water partition coefficient (Wildman–Crippen LogP) is 2.21. The van der Waals surface area contributed by atoms with Crippen molar-refractivity contribution < 1.29 is 14.0 Å². The molecular weight excluding hydrogens is 345 g/mol. The average Bonchev–Trinajstić information content (AvgIpc) is 2.59. The predicted molar refractivity (Wildman–Crippen MR) is 98.4 cm³/mol. The van der Waals surface area contributed by atoms with Crippen LogP contribution in [-0.4, -0.2) is 48.9 Å². The van der Waals surface area contributed by atoms with Crippen LogP contribution in [0.5, 0.6) is 0 Å². The van der Waals surface area contributed by atoms with Gasteiger partial charge in [0.1, 0.15) is 11.9 Å². The number of nitrogens with zero attached hydrogens (tertiary/aromatic N) is 1. The lowest BCUT2D eigenvalue weighted by molar-refractivity contribution is -0.135. The van der Waals surface area contributed by atoms with E-state index in [-0.39, 0.29) is 29.8 Å². The number of amides is 2. The molecule has 2 amide bonds. The lowest BCUT2D eigenvalue weighted by Gasteiger charge is -2.35. The van der Waals surface area contributed by atoms with Crippen molar-refractivity contribution in [2.45, 2.75) is 38.8 Å². The molecule has 0 bridgehead atoms. The summed E-state index contributed by atoms with van der Waals surface area (Å²) in [6, 6.07) is 5.58. The van der Waals surface area contributed by atoms with Crippen LogP contribution in [0.2, 0.25) is 0 Å². The molecule has 1 aromatic carbocycles. The summed E-state index contributed by atoms with van der Waals surface area (Å²) in [7, 11) is 1.92. The molecule has 25 heavy (non-hydrogen) atoms. The molecule has 2 rings (SSSR count). The topological polar surface area (TPSA) is 61.4 Å². The maximum atomic E-state index is 13.8. The molecule has 5 nitrogen and oxygen atoms in total. The second kappa shape index (κ2) is 9.73. The van der Waals surface area contributed by atoms with Crippen molar-refractivity contribution in [3.63, 3.8) is 0 Å². The Hall–Kier alpha value is -1.66. The van der Waals surface area contributed by atoms with Gasteiger partial charge in [0.05, 0.1) is 5.56 Å². The first-order valence-electron chi connectivity index (χ1n) is 8.45. The van der Waals surface area contributed by atoms with E-state index in [2.05, 4.69) is 10.6 Å². The second-order valence-corrected chi connectivity index (χ2v) is 6.56. The molecule has 140 valence electrons. The van der Waals surface area contributed by atoms with Crippen molar-refractivity contribution in [1.82, 2.24) is 15.5 Å². The van der Waals surface area contributed by atoms with Gasteiger partial charge in [0, 0.05) is 19.1 Å². The van der Waals surface area contributed by atoms with E-state index in [1.165, 1.54) is 18.2 Å². The highest BCUT2D eigenvalue weighted by Crippen LogP contribution is 2.15. The lowest BCUT2D eigenvalue weighted by atomic mass is 9.99. The minimum absolute atomic E-state index is 0. The van der Waals surface area contributed by atoms with Gasteiger partial charge >= 0.3 is 0 Å². The first-order chi connectivity index (χ1) is 11.4. The van der Waals surface area contributed by atoms with Crippen LogP contribution in [-0.2, 0) is 4.79 Å². The first-order valence-corrected chi connectivity index (χ1v) is 8.45. The van der Waals surface area contributed by atoms with Crippen LogP contribution >= 0.6 is 12.4 Å². The molecule has 0 aromatic heterocycles. The molecule has 1 aromatic rings. The van der Waals surface area contributed by atoms with Gasteiger partial charge in [-0.2, -0.15) is 0 Å². The largest absolute Gasteiger partial charge is 0.341 e. The maximum Gasteiger partial charge on any atom is 0.254 e. The van der Waals surface area contributed by atoms with E-state index in [1.807, 2.05) is 20.9 Å². The van der Waals surface area contributed by atoms with Crippen LogP contribution in [0.25, 0.3) is 0 Å². The minimum atomic E-state index is -0.650. The number of nitrogens with one attached hydrogen (secondary N) is 2. The number of halogens is 2. The van der Waals surface area contributed by atoms with Crippen LogP contribution in [0, 0.1) is 11.7 Å². The Bertz CT molecular complexity index is 589. The molecule has 0 spiro atoms. The van der Waals surface area contributed by atoms with Gasteiger partial charge in [0.2, 0.25) is 5.91 Å². The molecule has 7 heteroatoms. The Balaban J connectivity index is 0.00000312. The first kappa shape index (κ1) is 21.4. The number of likely N-dealkylation sites (tertiary alicyclic amines) is 1. The summed E-state index contributed by atoms with van der Waals surface area (Å²) < 4.78 is 13.8. The van der Waals surface area contributed by atoms with Gasteiger partial charge in [-0.05, 0) is 37.9 Å². The molecule has 1 saturated heterocycles. The van der Waals surface area contributed by atoms with Gasteiger partial charge in [-0.1, -0.05) is 26.0 Å². The zero-order valence-electron chi connectivity index (χ0n) is 14.9. The lowest BCUT2D eigenvalue weighted by Crippen LogP contribution is -2.54. The Kier molecular flexibility index (Phi) is 8.32. The van der Waals surface area contributed by atoms with Gasteiger partial charge in [0.25, 0.3) is 5.91 Å². The SMILES string of the molecule is CNC1CCN(C(=O)C(NC(=O)c2ccccc2F)C(C)C)CC1.Cl. The zero-order valence-corrected chi connectivity index (χ0v) is 15.7. The van der Waals surface area contributed by atoms with Crippen LogP contribution < -0.4 is 10.6 Å². The van der Waals surface area contributed by atoms with E-state index < -0.39 is 17.8 Å². The van der Waals surface area contributed by atoms with Crippen LogP contribution in [0.4, 0.5) is 4.39 Å². The quantitative estimate of drug-likeness (QED) is 0.834. The molecule has 0 aliphatic carbocycles. The van der Waals surface area contributed by atoms with E-state index in [0.717, 1.165) is 12.8 Å². The van der Waals surface area contributed by atoms with Crippen LogP contribution in [0.15, 0.2) is 24.3 Å². The van der Waals surface area contributed by atoms with E-state index >= 15 is 0 Å². The molecule has 0 saturated carbocycles. The third-order valence-electron chi connectivity index (χ3n) is 4.55. The van der Waals surface area contributed by atoms with Gasteiger partial charge < -0.3 is 15.5 Å². The zero-order chi connectivity index (χ0) is 17.7. The van der Waals surface area contributed by atoms with Gasteiger partial charge in [-0.3, -0.25) is 9.59 Å². The summed E-state index contributed by atoms with van der Waals surface area (Å²) in [5.74, 6) is -1.30. The number of carbonyl (C=O) groups excluding carboxylic acids is 2. The van der Waals surface area contributed by atoms with Gasteiger partial charge in [0.15, 0.2) is 0 Å². The summed E-state index contributed by atoms with van der Waals surface area (Å²) in [4.78, 5) is 26.9. The van der Waals surface area contributed by atoms with E-state index in [1.54, 1.807) is 11.0 Å². The van der Waals surface area contributed by atoms with Gasteiger partial charge in [-0.15, -0.1) is 12.4 Å². The van der Waals surface area contributed by atoms with Crippen molar-refractivity contribution in [1.29, 1.82) is 0 Å². The van der Waals surface area contributed by atoms with Gasteiger partial charge in [-0.25, -0.2) is 4.39 Å². The molecule has 1 fully saturated rings. The standard InChI is InChI=1S/C18H26FN3O2.ClH/c1-12(2)16(18(24)22-10-8-13(20-3)9-11-22)21-17(23)14-6-4-5-7-15(14)19;/h4-7,12-13,16,20H,8-11H2,1-3H3,(H,21,23);1H. The highest BCUT2D eigenvalue weighted by Gasteiger charge is 2.31. The summed E-state index contributed by atoms with van der Waals surface area (Å²) >= 11 is 0. The van der Waals surface area contributed by atoms with E-state index in [4.69, 9.17) is 0 Å². The number of benzene rings is 1. The fraction of sp³-hybridized carbons (Fsp3) is 0.556. The third-order valence-corrected chi connectivity index (χ3v) is 4.55. The molecule has 1 aliphatic heterocycles. The third kappa shape index (κ3) is 5.41. The van der Waals surface area contributed by atoms with Crippen molar-refractivity contribution >= 4 is 24.2 Å². The van der Waals surface area contributed by atoms with Crippen molar-refractivity contribution in [3.8, 4) is 0 Å². The molecule has 2 N–H and O–H groups in total. The second-order valence-electron chi connectivity index (χ2n) is 6.56. The number of rotatable bonds is 5. The highest BCUT2D eigenvalue weighted by atomic mass is 35.5. The van der Waals surface area contributed by atoms with Crippen LogP contribution in [0.3, 0.4) is 0 Å². The molecule has 1 heterocycles. The Labute approximate surface area is 154 Å². The summed E-state index contributed by atoms with van der Waals surface area (Å²) in [5.41, 5.74) is -0.0372. The normalized spacial score (nSPS) is 16.3. The molecule has 1 unspecified atom stereocenters. The summed E-state index contributed by atoms with van der Waals surface area (Å²) in [6.45, 7) is 5.10. The molecule has 1 atom stereocenters. The maximum absolute atomic E-state index is 13.8. The smallest absolute Gasteiger partial charge is 0.254 e. The number of carbonyl (C=O) groups is 2. The van der Waals surface area contributed by atoms with Crippen molar-refractivity contribution in [2.24, 2.45) is 5.92 Å². The number of hydrogen-bond donors (Lipinski definition) is 2.